The van der Waals surface area contributed by atoms with Gasteiger partial charge in [-0.05, 0) is 49.9 Å². The van der Waals surface area contributed by atoms with E-state index in [1.165, 1.54) is 23.2 Å². The molecule has 108 valence electrons. The lowest BCUT2D eigenvalue weighted by molar-refractivity contribution is 0.0893. The average Bonchev–Trinajstić information content (AvgIpc) is 2.46. The highest BCUT2D eigenvalue weighted by atomic mass is 35.5. The highest BCUT2D eigenvalue weighted by Crippen LogP contribution is 2.28. The van der Waals surface area contributed by atoms with Gasteiger partial charge in [0.1, 0.15) is 0 Å². The second kappa shape index (κ2) is 7.76. The van der Waals surface area contributed by atoms with Gasteiger partial charge >= 0.3 is 0 Å². The van der Waals surface area contributed by atoms with Crippen molar-refractivity contribution in [3.8, 4) is 0 Å². The van der Waals surface area contributed by atoms with E-state index in [1.807, 2.05) is 13.8 Å². The molecule has 3 heteroatoms. The van der Waals surface area contributed by atoms with Crippen molar-refractivity contribution in [3.05, 3.63) is 28.3 Å². The first kappa shape index (κ1) is 16.3. The van der Waals surface area contributed by atoms with Gasteiger partial charge in [0.15, 0.2) is 0 Å². The van der Waals surface area contributed by atoms with E-state index in [1.54, 1.807) is 7.11 Å². The molecule has 1 aliphatic rings. The smallest absolute Gasteiger partial charge is 0.0746 e. The summed E-state index contributed by atoms with van der Waals surface area (Å²) < 4.78 is 5.45. The second-order valence-electron chi connectivity index (χ2n) is 4.82. The largest absolute Gasteiger partial charge is 0.380 e. The van der Waals surface area contributed by atoms with E-state index in [4.69, 9.17) is 16.3 Å². The molecule has 0 radical (unpaired) electrons. The molecule has 2 rings (SSSR count). The first-order valence-electron chi connectivity index (χ1n) is 7.16. The Morgan fingerprint density at radius 2 is 1.95 bits per heavy atom. The summed E-state index contributed by atoms with van der Waals surface area (Å²) in [6.07, 6.45) is 2.69. The standard InChI is InChI=1S/C14H20ClNO.C2H6/c1-10-7-12(8-14(15)11(10)2)16-6-4-5-13(9-16)17-3;1-2/h7-8,13H,4-6,9H2,1-3H3;1-2H3. The van der Waals surface area contributed by atoms with Crippen LogP contribution in [-0.4, -0.2) is 26.3 Å². The fourth-order valence-electron chi connectivity index (χ4n) is 2.35. The van der Waals surface area contributed by atoms with E-state index in [0.717, 1.165) is 24.5 Å². The molecule has 19 heavy (non-hydrogen) atoms. The van der Waals surface area contributed by atoms with Gasteiger partial charge in [-0.25, -0.2) is 0 Å². The number of methoxy groups -OCH3 is 1. The van der Waals surface area contributed by atoms with Crippen molar-refractivity contribution in [1.82, 2.24) is 0 Å². The molecule has 0 amide bonds. The van der Waals surface area contributed by atoms with Crippen molar-refractivity contribution in [3.63, 3.8) is 0 Å². The molecule has 1 aromatic carbocycles. The van der Waals surface area contributed by atoms with E-state index >= 15 is 0 Å². The lowest BCUT2D eigenvalue weighted by atomic mass is 10.0. The summed E-state index contributed by atoms with van der Waals surface area (Å²) in [6.45, 7) is 10.2. The van der Waals surface area contributed by atoms with Crippen LogP contribution < -0.4 is 4.90 Å². The Balaban J connectivity index is 0.000000861. The summed E-state index contributed by atoms with van der Waals surface area (Å²) in [6, 6.07) is 4.29. The van der Waals surface area contributed by atoms with Crippen LogP contribution in [0.4, 0.5) is 5.69 Å². The number of aryl methyl sites for hydroxylation is 1. The van der Waals surface area contributed by atoms with Crippen LogP contribution in [0, 0.1) is 13.8 Å². The highest BCUT2D eigenvalue weighted by Gasteiger charge is 2.20. The zero-order chi connectivity index (χ0) is 14.4. The summed E-state index contributed by atoms with van der Waals surface area (Å²) in [5.41, 5.74) is 3.66. The summed E-state index contributed by atoms with van der Waals surface area (Å²) in [7, 11) is 1.79. The lowest BCUT2D eigenvalue weighted by Gasteiger charge is -2.34. The molecule has 0 aliphatic carbocycles. The summed E-state index contributed by atoms with van der Waals surface area (Å²) in [5, 5.41) is 0.861. The number of rotatable bonds is 2. The normalized spacial score (nSPS) is 18.8. The van der Waals surface area contributed by atoms with E-state index < -0.39 is 0 Å². The third kappa shape index (κ3) is 4.12. The zero-order valence-electron chi connectivity index (χ0n) is 12.8. The van der Waals surface area contributed by atoms with E-state index in [9.17, 15) is 0 Å². The predicted octanol–water partition coefficient (Wildman–Crippen LogP) is 4.60. The van der Waals surface area contributed by atoms with Crippen molar-refractivity contribution in [2.75, 3.05) is 25.1 Å². The maximum atomic E-state index is 6.25. The monoisotopic (exact) mass is 283 g/mol. The number of piperidine rings is 1. The van der Waals surface area contributed by atoms with Crippen LogP contribution in [0.25, 0.3) is 0 Å². The van der Waals surface area contributed by atoms with Gasteiger partial charge in [-0.2, -0.15) is 0 Å². The van der Waals surface area contributed by atoms with E-state index in [-0.39, 0.29) is 0 Å². The number of benzene rings is 1. The number of anilines is 1. The Hall–Kier alpha value is -0.730. The first-order chi connectivity index (χ1) is 9.11. The van der Waals surface area contributed by atoms with E-state index in [0.29, 0.717) is 6.10 Å². The number of hydrogen-bond donors (Lipinski definition) is 0. The molecule has 1 unspecified atom stereocenters. The Bertz CT molecular complexity index is 383. The van der Waals surface area contributed by atoms with Gasteiger partial charge in [-0.15, -0.1) is 0 Å². The SMILES string of the molecule is CC.COC1CCCN(c2cc(C)c(C)c(Cl)c2)C1. The third-order valence-electron chi connectivity index (χ3n) is 3.67. The van der Waals surface area contributed by atoms with Crippen molar-refractivity contribution in [1.29, 1.82) is 0 Å². The van der Waals surface area contributed by atoms with Crippen molar-refractivity contribution in [2.24, 2.45) is 0 Å². The van der Waals surface area contributed by atoms with Crippen LogP contribution >= 0.6 is 11.6 Å². The Kier molecular flexibility index (Phi) is 6.67. The lowest BCUT2D eigenvalue weighted by Crippen LogP contribution is -2.39. The molecular weight excluding hydrogens is 258 g/mol. The number of halogens is 1. The van der Waals surface area contributed by atoms with Gasteiger partial charge in [-0.3, -0.25) is 0 Å². The predicted molar refractivity (Wildman–Crippen MR) is 84.5 cm³/mol. The van der Waals surface area contributed by atoms with Crippen LogP contribution in [-0.2, 0) is 4.74 Å². The van der Waals surface area contributed by atoms with Gasteiger partial charge in [0, 0.05) is 30.9 Å². The van der Waals surface area contributed by atoms with E-state index in [2.05, 4.69) is 30.9 Å². The highest BCUT2D eigenvalue weighted by molar-refractivity contribution is 6.31. The Labute approximate surface area is 122 Å². The Morgan fingerprint density at radius 3 is 2.53 bits per heavy atom. The molecule has 1 atom stereocenters. The van der Waals surface area contributed by atoms with Gasteiger partial charge in [0.2, 0.25) is 0 Å². The fraction of sp³-hybridized carbons (Fsp3) is 0.625. The van der Waals surface area contributed by atoms with Gasteiger partial charge < -0.3 is 9.64 Å². The van der Waals surface area contributed by atoms with Crippen LogP contribution in [0.5, 0.6) is 0 Å². The first-order valence-corrected chi connectivity index (χ1v) is 7.54. The molecule has 1 saturated heterocycles. The van der Waals surface area contributed by atoms with Crippen molar-refractivity contribution < 1.29 is 4.74 Å². The quantitative estimate of drug-likeness (QED) is 0.787. The third-order valence-corrected chi connectivity index (χ3v) is 4.06. The Morgan fingerprint density at radius 1 is 1.26 bits per heavy atom. The molecule has 1 aliphatic heterocycles. The van der Waals surface area contributed by atoms with Crippen LogP contribution in [0.3, 0.4) is 0 Å². The summed E-state index contributed by atoms with van der Waals surface area (Å²) in [4.78, 5) is 2.37. The summed E-state index contributed by atoms with van der Waals surface area (Å²) >= 11 is 6.25. The molecule has 0 saturated carbocycles. The minimum absolute atomic E-state index is 0.351. The summed E-state index contributed by atoms with van der Waals surface area (Å²) in [5.74, 6) is 0. The van der Waals surface area contributed by atoms with Crippen LogP contribution in [0.15, 0.2) is 12.1 Å². The molecule has 0 bridgehead atoms. The van der Waals surface area contributed by atoms with Gasteiger partial charge in [-0.1, -0.05) is 25.4 Å². The number of nitrogens with zero attached hydrogens (tertiary/aromatic N) is 1. The average molecular weight is 284 g/mol. The number of ether oxygens (including phenoxy) is 1. The minimum Gasteiger partial charge on any atom is -0.380 e. The number of hydrogen-bond acceptors (Lipinski definition) is 2. The van der Waals surface area contributed by atoms with Crippen molar-refractivity contribution >= 4 is 17.3 Å². The van der Waals surface area contributed by atoms with Crippen LogP contribution in [0.1, 0.15) is 37.8 Å². The molecular formula is C16H26ClNO. The molecule has 0 N–H and O–H groups in total. The minimum atomic E-state index is 0.351. The van der Waals surface area contributed by atoms with Crippen molar-refractivity contribution in [2.45, 2.75) is 46.6 Å². The maximum absolute atomic E-state index is 6.25. The second-order valence-corrected chi connectivity index (χ2v) is 5.22. The molecule has 0 spiro atoms. The van der Waals surface area contributed by atoms with Gasteiger partial charge in [0.05, 0.1) is 6.10 Å². The topological polar surface area (TPSA) is 12.5 Å². The molecule has 0 aromatic heterocycles. The maximum Gasteiger partial charge on any atom is 0.0746 e. The van der Waals surface area contributed by atoms with Crippen LogP contribution in [0.2, 0.25) is 5.02 Å². The molecule has 1 heterocycles. The molecule has 1 aromatic rings. The fourth-order valence-corrected chi connectivity index (χ4v) is 2.61. The molecule has 2 nitrogen and oxygen atoms in total. The molecule has 1 fully saturated rings. The zero-order valence-corrected chi connectivity index (χ0v) is 13.5. The van der Waals surface area contributed by atoms with Gasteiger partial charge in [0.25, 0.3) is 0 Å².